The average Bonchev–Trinajstić information content (AvgIpc) is 2.95. The minimum absolute atomic E-state index is 0.0573. The molecule has 0 bridgehead atoms. The van der Waals surface area contributed by atoms with Gasteiger partial charge >= 0.3 is 5.69 Å². The molecule has 1 amide bonds. The van der Waals surface area contributed by atoms with E-state index in [9.17, 15) is 18.0 Å². The fourth-order valence-electron chi connectivity index (χ4n) is 3.49. The van der Waals surface area contributed by atoms with Gasteiger partial charge in [0.25, 0.3) is 0 Å². The zero-order chi connectivity index (χ0) is 18.2. The number of hydrogen-bond donors (Lipinski definition) is 1. The lowest BCUT2D eigenvalue weighted by atomic mass is 10.0. The fraction of sp³-hybridized carbons (Fsp3) is 0.529. The van der Waals surface area contributed by atoms with E-state index in [0.717, 1.165) is 11.9 Å². The maximum atomic E-state index is 12.7. The molecule has 136 valence electrons. The lowest BCUT2D eigenvalue weighted by molar-refractivity contribution is -0.123. The number of imidazole rings is 1. The number of carbonyl (C=O) groups excluding carboxylic acids is 1. The molecule has 1 saturated heterocycles. The number of amides is 1. The van der Waals surface area contributed by atoms with Crippen molar-refractivity contribution in [1.82, 2.24) is 14.5 Å². The van der Waals surface area contributed by atoms with Crippen molar-refractivity contribution in [3.63, 3.8) is 0 Å². The van der Waals surface area contributed by atoms with E-state index in [1.165, 1.54) is 4.57 Å². The Morgan fingerprint density at radius 1 is 1.24 bits per heavy atom. The van der Waals surface area contributed by atoms with Crippen molar-refractivity contribution >= 4 is 26.8 Å². The summed E-state index contributed by atoms with van der Waals surface area (Å²) in [5.74, 6) is -0.321. The van der Waals surface area contributed by atoms with Crippen LogP contribution in [0.5, 0.6) is 0 Å². The lowest BCUT2D eigenvalue weighted by Crippen LogP contribution is -2.48. The number of carbonyl (C=O) groups is 1. The van der Waals surface area contributed by atoms with Gasteiger partial charge < -0.3 is 5.32 Å². The van der Waals surface area contributed by atoms with Gasteiger partial charge in [0.15, 0.2) is 9.84 Å². The number of hydrogen-bond acceptors (Lipinski definition) is 4. The minimum atomic E-state index is -3.11. The molecule has 0 saturated carbocycles. The van der Waals surface area contributed by atoms with Crippen LogP contribution in [0.15, 0.2) is 29.1 Å². The van der Waals surface area contributed by atoms with E-state index in [-0.39, 0.29) is 29.6 Å². The van der Waals surface area contributed by atoms with Gasteiger partial charge in [-0.1, -0.05) is 19.1 Å². The summed E-state index contributed by atoms with van der Waals surface area (Å²) in [6, 6.07) is 7.38. The van der Waals surface area contributed by atoms with Crippen molar-refractivity contribution in [2.45, 2.75) is 45.3 Å². The van der Waals surface area contributed by atoms with Crippen LogP contribution in [0.25, 0.3) is 11.0 Å². The first kappa shape index (κ1) is 17.7. The molecule has 1 aromatic carbocycles. The second-order valence-corrected chi connectivity index (χ2v) is 9.14. The zero-order valence-corrected chi connectivity index (χ0v) is 15.3. The van der Waals surface area contributed by atoms with E-state index in [4.69, 9.17) is 0 Å². The number of para-hydroxylation sites is 2. The van der Waals surface area contributed by atoms with Crippen molar-refractivity contribution in [2.24, 2.45) is 0 Å². The molecule has 1 N–H and O–H groups in total. The Hall–Kier alpha value is -2.09. The first-order valence-corrected chi connectivity index (χ1v) is 10.3. The Bertz CT molecular complexity index is 973. The monoisotopic (exact) mass is 365 g/mol. The zero-order valence-electron chi connectivity index (χ0n) is 14.5. The van der Waals surface area contributed by atoms with E-state index < -0.39 is 15.4 Å². The van der Waals surface area contributed by atoms with Gasteiger partial charge in [-0.3, -0.25) is 13.9 Å². The van der Waals surface area contributed by atoms with Crippen molar-refractivity contribution in [2.75, 3.05) is 11.5 Å². The van der Waals surface area contributed by atoms with Crippen LogP contribution < -0.4 is 11.0 Å². The molecule has 8 heteroatoms. The summed E-state index contributed by atoms with van der Waals surface area (Å²) in [6.07, 6.45) is 1.21. The maximum Gasteiger partial charge on any atom is 0.329 e. The van der Waals surface area contributed by atoms with E-state index in [1.54, 1.807) is 11.5 Å². The van der Waals surface area contributed by atoms with Gasteiger partial charge in [-0.25, -0.2) is 13.2 Å². The second kappa shape index (κ2) is 6.33. The smallest absolute Gasteiger partial charge is 0.329 e. The highest BCUT2D eigenvalue weighted by Crippen LogP contribution is 2.23. The van der Waals surface area contributed by atoms with E-state index in [1.807, 2.05) is 31.2 Å². The third kappa shape index (κ3) is 3.49. The van der Waals surface area contributed by atoms with Crippen LogP contribution >= 0.6 is 0 Å². The van der Waals surface area contributed by atoms with Gasteiger partial charge in [0.05, 0.1) is 28.1 Å². The SMILES string of the molecule is CCCn1c(=O)n(CC(=O)NC2(C)CCS(=O)(=O)C2)c2ccccc21. The van der Waals surface area contributed by atoms with Crippen LogP contribution in [0.1, 0.15) is 26.7 Å². The molecule has 1 aliphatic heterocycles. The number of nitrogens with zero attached hydrogens (tertiary/aromatic N) is 2. The molecule has 0 spiro atoms. The normalized spacial score (nSPS) is 22.3. The van der Waals surface area contributed by atoms with Crippen LogP contribution in [0, 0.1) is 0 Å². The summed E-state index contributed by atoms with van der Waals surface area (Å²) >= 11 is 0. The highest BCUT2D eigenvalue weighted by atomic mass is 32.2. The molecular formula is C17H23N3O4S. The summed E-state index contributed by atoms with van der Waals surface area (Å²) in [4.78, 5) is 25.2. The molecular weight excluding hydrogens is 342 g/mol. The molecule has 1 aromatic heterocycles. The predicted octanol–water partition coefficient (Wildman–Crippen LogP) is 0.906. The summed E-state index contributed by atoms with van der Waals surface area (Å²) in [7, 11) is -3.11. The Morgan fingerprint density at radius 3 is 2.44 bits per heavy atom. The molecule has 2 heterocycles. The molecule has 7 nitrogen and oxygen atoms in total. The number of benzene rings is 1. The molecule has 1 atom stereocenters. The predicted molar refractivity (Wildman–Crippen MR) is 96.3 cm³/mol. The topological polar surface area (TPSA) is 90.2 Å². The number of aryl methyl sites for hydroxylation is 1. The molecule has 3 rings (SSSR count). The third-order valence-electron chi connectivity index (χ3n) is 4.62. The Kier molecular flexibility index (Phi) is 4.49. The molecule has 0 radical (unpaired) electrons. The van der Waals surface area contributed by atoms with Gasteiger partial charge in [0, 0.05) is 6.54 Å². The number of fused-ring (bicyclic) bond motifs is 1. The summed E-state index contributed by atoms with van der Waals surface area (Å²) < 4.78 is 26.5. The van der Waals surface area contributed by atoms with Crippen LogP contribution in [0.2, 0.25) is 0 Å². The number of rotatable bonds is 5. The highest BCUT2D eigenvalue weighted by molar-refractivity contribution is 7.91. The number of sulfone groups is 1. The van der Waals surface area contributed by atoms with Crippen molar-refractivity contribution < 1.29 is 13.2 Å². The summed E-state index contributed by atoms with van der Waals surface area (Å²) in [6.45, 7) is 4.20. The molecule has 1 fully saturated rings. The Balaban J connectivity index is 1.87. The first-order valence-electron chi connectivity index (χ1n) is 8.44. The average molecular weight is 365 g/mol. The number of aromatic nitrogens is 2. The van der Waals surface area contributed by atoms with E-state index in [2.05, 4.69) is 5.32 Å². The van der Waals surface area contributed by atoms with Crippen LogP contribution in [0.4, 0.5) is 0 Å². The van der Waals surface area contributed by atoms with Crippen molar-refractivity contribution in [3.8, 4) is 0 Å². The lowest BCUT2D eigenvalue weighted by Gasteiger charge is -2.23. The Morgan fingerprint density at radius 2 is 1.88 bits per heavy atom. The quantitative estimate of drug-likeness (QED) is 0.853. The van der Waals surface area contributed by atoms with Gasteiger partial charge in [0.1, 0.15) is 6.54 Å². The molecule has 2 aromatic rings. The fourth-order valence-corrected chi connectivity index (χ4v) is 5.59. The Labute approximate surface area is 146 Å². The number of nitrogens with one attached hydrogen (secondary N) is 1. The van der Waals surface area contributed by atoms with Crippen LogP contribution in [0.3, 0.4) is 0 Å². The highest BCUT2D eigenvalue weighted by Gasteiger charge is 2.39. The molecule has 1 aliphatic rings. The molecule has 0 aliphatic carbocycles. The van der Waals surface area contributed by atoms with E-state index in [0.29, 0.717) is 18.5 Å². The van der Waals surface area contributed by atoms with Gasteiger partial charge in [-0.15, -0.1) is 0 Å². The summed E-state index contributed by atoms with van der Waals surface area (Å²) in [5, 5.41) is 2.81. The van der Waals surface area contributed by atoms with E-state index >= 15 is 0 Å². The van der Waals surface area contributed by atoms with Gasteiger partial charge in [0.2, 0.25) is 5.91 Å². The van der Waals surface area contributed by atoms with Crippen LogP contribution in [-0.2, 0) is 27.7 Å². The minimum Gasteiger partial charge on any atom is -0.348 e. The molecule has 25 heavy (non-hydrogen) atoms. The standard InChI is InChI=1S/C17H23N3O4S/c1-3-9-19-13-6-4-5-7-14(13)20(16(19)22)11-15(21)18-17(2)8-10-25(23,24)12-17/h4-7H,3,8-12H2,1-2H3,(H,18,21). The second-order valence-electron chi connectivity index (χ2n) is 6.96. The van der Waals surface area contributed by atoms with Crippen LogP contribution in [-0.4, -0.2) is 40.5 Å². The van der Waals surface area contributed by atoms with Crippen molar-refractivity contribution in [3.05, 3.63) is 34.7 Å². The van der Waals surface area contributed by atoms with Gasteiger partial charge in [-0.2, -0.15) is 0 Å². The van der Waals surface area contributed by atoms with Gasteiger partial charge in [-0.05, 0) is 31.9 Å². The third-order valence-corrected chi connectivity index (χ3v) is 6.52. The van der Waals surface area contributed by atoms with Crippen molar-refractivity contribution in [1.29, 1.82) is 0 Å². The first-order chi connectivity index (χ1) is 11.7. The maximum absolute atomic E-state index is 12.7. The largest absolute Gasteiger partial charge is 0.348 e. The summed E-state index contributed by atoms with van der Waals surface area (Å²) in [5.41, 5.74) is 0.529. The molecule has 1 unspecified atom stereocenters.